The molecule has 0 aromatic heterocycles. The van der Waals surface area contributed by atoms with Gasteiger partial charge in [0.05, 0.1) is 12.7 Å². The van der Waals surface area contributed by atoms with Gasteiger partial charge in [-0.25, -0.2) is 4.79 Å². The van der Waals surface area contributed by atoms with Crippen LogP contribution in [-0.2, 0) is 12.8 Å². The van der Waals surface area contributed by atoms with Gasteiger partial charge in [-0.3, -0.25) is 0 Å². The molecule has 25 heavy (non-hydrogen) atoms. The fraction of sp³-hybridized carbons (Fsp3) is 0.381. The maximum atomic E-state index is 11.3. The Hall–Kier alpha value is -2.33. The fourth-order valence-electron chi connectivity index (χ4n) is 3.71. The molecule has 2 aromatic carbocycles. The highest BCUT2D eigenvalue weighted by Gasteiger charge is 2.23. The van der Waals surface area contributed by atoms with Crippen molar-refractivity contribution >= 4 is 5.97 Å². The summed E-state index contributed by atoms with van der Waals surface area (Å²) in [7, 11) is 1.70. The van der Waals surface area contributed by atoms with Crippen LogP contribution in [0.1, 0.15) is 52.9 Å². The van der Waals surface area contributed by atoms with Gasteiger partial charge in [0, 0.05) is 12.1 Å². The molecule has 4 heteroatoms. The van der Waals surface area contributed by atoms with E-state index >= 15 is 0 Å². The number of carboxylic acid groups (broad SMARTS) is 1. The van der Waals surface area contributed by atoms with Crippen LogP contribution in [0.25, 0.3) is 0 Å². The number of benzene rings is 2. The third-order valence-corrected chi connectivity index (χ3v) is 4.91. The van der Waals surface area contributed by atoms with Crippen LogP contribution in [0.4, 0.5) is 0 Å². The highest BCUT2D eigenvalue weighted by atomic mass is 16.5. The van der Waals surface area contributed by atoms with Crippen molar-refractivity contribution in [2.45, 2.75) is 44.7 Å². The number of nitrogens with one attached hydrogen (secondary N) is 1. The van der Waals surface area contributed by atoms with Crippen molar-refractivity contribution < 1.29 is 14.6 Å². The number of rotatable bonds is 6. The van der Waals surface area contributed by atoms with Crippen LogP contribution in [-0.4, -0.2) is 24.2 Å². The molecule has 2 N–H and O–H groups in total. The molecule has 2 unspecified atom stereocenters. The summed E-state index contributed by atoms with van der Waals surface area (Å²) in [5, 5.41) is 13.0. The number of ether oxygens (including phenoxy) is 1. The smallest absolute Gasteiger partial charge is 0.335 e. The third kappa shape index (κ3) is 4.02. The second-order valence-corrected chi connectivity index (χ2v) is 6.75. The van der Waals surface area contributed by atoms with Crippen LogP contribution in [0.2, 0.25) is 0 Å². The van der Waals surface area contributed by atoms with E-state index in [2.05, 4.69) is 18.3 Å². The number of fused-ring (bicyclic) bond motifs is 1. The Morgan fingerprint density at radius 1 is 1.32 bits per heavy atom. The summed E-state index contributed by atoms with van der Waals surface area (Å²) in [6.45, 7) is 2.17. The van der Waals surface area contributed by atoms with Crippen LogP contribution in [0, 0.1) is 0 Å². The summed E-state index contributed by atoms with van der Waals surface area (Å²) in [5.74, 6) is 0.0440. The monoisotopic (exact) mass is 339 g/mol. The second kappa shape index (κ2) is 7.70. The summed E-state index contributed by atoms with van der Waals surface area (Å²) in [6.07, 6.45) is 4.05. The van der Waals surface area contributed by atoms with Gasteiger partial charge < -0.3 is 15.2 Å². The number of aromatic carboxylic acids is 1. The lowest BCUT2D eigenvalue weighted by Crippen LogP contribution is -2.34. The minimum Gasteiger partial charge on any atom is -0.496 e. The van der Waals surface area contributed by atoms with E-state index in [-0.39, 0.29) is 12.1 Å². The fourth-order valence-corrected chi connectivity index (χ4v) is 3.71. The molecule has 0 saturated heterocycles. The van der Waals surface area contributed by atoms with Crippen molar-refractivity contribution in [2.24, 2.45) is 0 Å². The summed E-state index contributed by atoms with van der Waals surface area (Å²) in [4.78, 5) is 11.3. The zero-order valence-corrected chi connectivity index (χ0v) is 14.8. The number of hydrogen-bond acceptors (Lipinski definition) is 3. The van der Waals surface area contributed by atoms with Gasteiger partial charge >= 0.3 is 5.97 Å². The SMILES string of the molecule is COc1ccccc1CC(C)NC1CCCc2ccc(C(=O)O)cc21. The van der Waals surface area contributed by atoms with Gasteiger partial charge in [0.25, 0.3) is 0 Å². The quantitative estimate of drug-likeness (QED) is 0.835. The number of carbonyl (C=O) groups is 1. The summed E-state index contributed by atoms with van der Waals surface area (Å²) in [6, 6.07) is 14.1. The van der Waals surface area contributed by atoms with Crippen LogP contribution in [0.3, 0.4) is 0 Å². The Bertz CT molecular complexity index is 757. The van der Waals surface area contributed by atoms with Gasteiger partial charge in [-0.15, -0.1) is 0 Å². The number of methoxy groups -OCH3 is 1. The predicted molar refractivity (Wildman–Crippen MR) is 98.4 cm³/mol. The summed E-state index contributed by atoms with van der Waals surface area (Å²) in [5.41, 5.74) is 3.95. The molecule has 0 aliphatic heterocycles. The van der Waals surface area contributed by atoms with Crippen molar-refractivity contribution in [3.63, 3.8) is 0 Å². The molecule has 0 amide bonds. The Labute approximate surface area is 148 Å². The van der Waals surface area contributed by atoms with Crippen LogP contribution >= 0.6 is 0 Å². The van der Waals surface area contributed by atoms with Crippen molar-refractivity contribution in [3.05, 3.63) is 64.7 Å². The molecule has 3 rings (SSSR count). The zero-order chi connectivity index (χ0) is 17.8. The van der Waals surface area contributed by atoms with Gasteiger partial charge in [0.15, 0.2) is 0 Å². The molecule has 2 aromatic rings. The number of carboxylic acids is 1. The van der Waals surface area contributed by atoms with Crippen LogP contribution in [0.15, 0.2) is 42.5 Å². The topological polar surface area (TPSA) is 58.6 Å². The average Bonchev–Trinajstić information content (AvgIpc) is 2.62. The van der Waals surface area contributed by atoms with E-state index in [1.807, 2.05) is 30.3 Å². The number of aryl methyl sites for hydroxylation is 1. The molecule has 4 nitrogen and oxygen atoms in total. The molecule has 0 saturated carbocycles. The van der Waals surface area contributed by atoms with Gasteiger partial charge in [0.1, 0.15) is 5.75 Å². The van der Waals surface area contributed by atoms with Gasteiger partial charge in [-0.05, 0) is 67.5 Å². The second-order valence-electron chi connectivity index (χ2n) is 6.75. The summed E-state index contributed by atoms with van der Waals surface area (Å²) < 4.78 is 5.44. The minimum absolute atomic E-state index is 0.202. The van der Waals surface area contributed by atoms with E-state index in [0.717, 1.165) is 37.0 Å². The molecule has 0 heterocycles. The van der Waals surface area contributed by atoms with Gasteiger partial charge in [-0.2, -0.15) is 0 Å². The van der Waals surface area contributed by atoms with Crippen molar-refractivity contribution in [1.29, 1.82) is 0 Å². The molecular formula is C21H25NO3. The highest BCUT2D eigenvalue weighted by molar-refractivity contribution is 5.88. The lowest BCUT2D eigenvalue weighted by atomic mass is 9.86. The highest BCUT2D eigenvalue weighted by Crippen LogP contribution is 2.31. The van der Waals surface area contributed by atoms with Crippen molar-refractivity contribution in [1.82, 2.24) is 5.32 Å². The molecule has 1 aliphatic rings. The van der Waals surface area contributed by atoms with E-state index in [4.69, 9.17) is 4.74 Å². The first-order valence-corrected chi connectivity index (χ1v) is 8.82. The minimum atomic E-state index is -0.866. The van der Waals surface area contributed by atoms with E-state index in [0.29, 0.717) is 5.56 Å². The Balaban J connectivity index is 1.75. The molecule has 0 fully saturated rings. The Kier molecular flexibility index (Phi) is 5.39. The van der Waals surface area contributed by atoms with E-state index in [1.54, 1.807) is 13.2 Å². The Morgan fingerprint density at radius 3 is 2.88 bits per heavy atom. The molecular weight excluding hydrogens is 314 g/mol. The molecule has 0 bridgehead atoms. The number of para-hydroxylation sites is 1. The summed E-state index contributed by atoms with van der Waals surface area (Å²) >= 11 is 0. The first-order chi connectivity index (χ1) is 12.1. The van der Waals surface area contributed by atoms with Crippen LogP contribution < -0.4 is 10.1 Å². The first-order valence-electron chi connectivity index (χ1n) is 8.82. The molecule has 1 aliphatic carbocycles. The maximum Gasteiger partial charge on any atom is 0.335 e. The molecule has 0 spiro atoms. The van der Waals surface area contributed by atoms with Gasteiger partial charge in [0.2, 0.25) is 0 Å². The van der Waals surface area contributed by atoms with Crippen molar-refractivity contribution in [3.8, 4) is 5.75 Å². The van der Waals surface area contributed by atoms with E-state index in [1.165, 1.54) is 11.1 Å². The lowest BCUT2D eigenvalue weighted by molar-refractivity contribution is 0.0696. The maximum absolute atomic E-state index is 11.3. The zero-order valence-electron chi connectivity index (χ0n) is 14.8. The standard InChI is InChI=1S/C21H25NO3/c1-14(12-16-6-3-4-9-20(16)25-2)22-19-8-5-7-15-10-11-17(21(23)24)13-18(15)19/h3-4,6,9-11,13-14,19,22H,5,7-8,12H2,1-2H3,(H,23,24). The molecule has 132 valence electrons. The predicted octanol–water partition coefficient (Wildman–Crippen LogP) is 3.99. The van der Waals surface area contributed by atoms with E-state index in [9.17, 15) is 9.90 Å². The Morgan fingerprint density at radius 2 is 2.12 bits per heavy atom. The van der Waals surface area contributed by atoms with Gasteiger partial charge in [-0.1, -0.05) is 24.3 Å². The molecule has 2 atom stereocenters. The molecule has 0 radical (unpaired) electrons. The normalized spacial score (nSPS) is 17.6. The first kappa shape index (κ1) is 17.5. The van der Waals surface area contributed by atoms with E-state index < -0.39 is 5.97 Å². The largest absolute Gasteiger partial charge is 0.496 e. The van der Waals surface area contributed by atoms with Crippen LogP contribution in [0.5, 0.6) is 5.75 Å². The number of hydrogen-bond donors (Lipinski definition) is 2. The lowest BCUT2D eigenvalue weighted by Gasteiger charge is -2.30. The van der Waals surface area contributed by atoms with Crippen molar-refractivity contribution in [2.75, 3.05) is 7.11 Å². The average molecular weight is 339 g/mol. The third-order valence-electron chi connectivity index (χ3n) is 4.91.